The lowest BCUT2D eigenvalue weighted by Crippen LogP contribution is -2.33. The van der Waals surface area contributed by atoms with Crippen molar-refractivity contribution in [2.24, 2.45) is 0 Å². The van der Waals surface area contributed by atoms with Gasteiger partial charge < -0.3 is 4.52 Å². The van der Waals surface area contributed by atoms with Crippen LogP contribution in [0.5, 0.6) is 0 Å². The highest BCUT2D eigenvalue weighted by molar-refractivity contribution is 6.30. The summed E-state index contributed by atoms with van der Waals surface area (Å²) in [5, 5.41) is 4.41. The van der Waals surface area contributed by atoms with Crippen molar-refractivity contribution in [2.45, 2.75) is 39.3 Å². The zero-order valence-electron chi connectivity index (χ0n) is 13.6. The van der Waals surface area contributed by atoms with E-state index < -0.39 is 12.1 Å². The number of carbonyl (C=O) groups is 2. The zero-order valence-corrected chi connectivity index (χ0v) is 14.3. The van der Waals surface area contributed by atoms with Gasteiger partial charge in [0.15, 0.2) is 5.82 Å². The molecule has 0 spiro atoms. The molecule has 8 heteroatoms. The lowest BCUT2D eigenvalue weighted by molar-refractivity contribution is -0.127. The summed E-state index contributed by atoms with van der Waals surface area (Å²) in [5.74, 6) is 0.591. The first kappa shape index (κ1) is 16.4. The number of halogens is 1. The smallest absolute Gasteiger partial charge is 0.332 e. The number of anilines is 1. The summed E-state index contributed by atoms with van der Waals surface area (Å²) in [6.45, 7) is 5.52. The Morgan fingerprint density at radius 1 is 1.25 bits per heavy atom. The van der Waals surface area contributed by atoms with E-state index in [0.717, 1.165) is 4.90 Å². The van der Waals surface area contributed by atoms with Crippen molar-refractivity contribution >= 4 is 29.2 Å². The normalized spacial score (nSPS) is 18.1. The van der Waals surface area contributed by atoms with E-state index in [1.54, 1.807) is 31.2 Å². The predicted molar refractivity (Wildman–Crippen MR) is 87.7 cm³/mol. The number of hydrogen-bond acceptors (Lipinski definition) is 5. The van der Waals surface area contributed by atoms with Crippen LogP contribution in [0.1, 0.15) is 38.4 Å². The van der Waals surface area contributed by atoms with E-state index in [2.05, 4.69) is 10.1 Å². The van der Waals surface area contributed by atoms with Crippen LogP contribution < -0.4 is 4.90 Å². The van der Waals surface area contributed by atoms with Gasteiger partial charge in [0.2, 0.25) is 5.89 Å². The lowest BCUT2D eigenvalue weighted by atomic mass is 10.2. The topological polar surface area (TPSA) is 79.5 Å². The van der Waals surface area contributed by atoms with Gasteiger partial charge in [-0.1, -0.05) is 30.6 Å². The molecule has 3 rings (SSSR count). The summed E-state index contributed by atoms with van der Waals surface area (Å²) in [6, 6.07) is 5.74. The fourth-order valence-electron chi connectivity index (χ4n) is 2.51. The molecule has 0 N–H and O–H groups in total. The first-order chi connectivity index (χ1) is 11.4. The van der Waals surface area contributed by atoms with Crippen LogP contribution in [0.25, 0.3) is 0 Å². The van der Waals surface area contributed by atoms with Crippen molar-refractivity contribution in [1.82, 2.24) is 15.0 Å². The van der Waals surface area contributed by atoms with Gasteiger partial charge in [-0.05, 0) is 31.2 Å². The minimum atomic E-state index is -0.605. The molecule has 1 fully saturated rings. The summed E-state index contributed by atoms with van der Waals surface area (Å²) < 4.78 is 5.13. The number of amides is 3. The fourth-order valence-corrected chi connectivity index (χ4v) is 2.64. The van der Waals surface area contributed by atoms with Crippen LogP contribution in [0, 0.1) is 0 Å². The third-order valence-corrected chi connectivity index (χ3v) is 4.10. The molecule has 2 aromatic rings. The molecule has 0 saturated carbocycles. The molecule has 1 saturated heterocycles. The van der Waals surface area contributed by atoms with Crippen molar-refractivity contribution in [3.05, 3.63) is 41.0 Å². The van der Waals surface area contributed by atoms with Crippen molar-refractivity contribution in [3.8, 4) is 0 Å². The monoisotopic (exact) mass is 348 g/mol. The average molecular weight is 349 g/mol. The molecule has 3 amide bonds. The highest BCUT2D eigenvalue weighted by atomic mass is 35.5. The van der Waals surface area contributed by atoms with Crippen molar-refractivity contribution in [3.63, 3.8) is 0 Å². The first-order valence-electron chi connectivity index (χ1n) is 7.61. The molecule has 0 bridgehead atoms. The maximum atomic E-state index is 12.7. The molecule has 1 aromatic heterocycles. The Morgan fingerprint density at radius 3 is 2.50 bits per heavy atom. The van der Waals surface area contributed by atoms with E-state index in [0.29, 0.717) is 16.5 Å². The highest BCUT2D eigenvalue weighted by Crippen LogP contribution is 2.28. The fraction of sp³-hybridized carbons (Fsp3) is 0.375. The maximum Gasteiger partial charge on any atom is 0.332 e. The van der Waals surface area contributed by atoms with Crippen molar-refractivity contribution < 1.29 is 14.1 Å². The molecule has 0 aliphatic carbocycles. The molecule has 1 aliphatic rings. The summed E-state index contributed by atoms with van der Waals surface area (Å²) in [7, 11) is 0. The van der Waals surface area contributed by atoms with Crippen LogP contribution in [0.2, 0.25) is 5.02 Å². The highest BCUT2D eigenvalue weighted by Gasteiger charge is 2.44. The Hall–Kier alpha value is -2.41. The Balaban J connectivity index is 1.83. The van der Waals surface area contributed by atoms with E-state index >= 15 is 0 Å². The third-order valence-electron chi connectivity index (χ3n) is 3.85. The molecule has 1 atom stereocenters. The largest absolute Gasteiger partial charge is 0.337 e. The Labute approximate surface area is 144 Å². The second-order valence-corrected chi connectivity index (χ2v) is 6.37. The molecular formula is C16H17ClN4O3. The SMILES string of the molecule is CC(C)c1noc(CN2C(=O)C(C)N(c3ccc(Cl)cc3)C2=O)n1. The molecule has 1 aliphatic heterocycles. The summed E-state index contributed by atoms with van der Waals surface area (Å²) in [4.78, 5) is 31.9. The summed E-state index contributed by atoms with van der Waals surface area (Å²) in [6.07, 6.45) is 0. The number of nitrogens with zero attached hydrogens (tertiary/aromatic N) is 4. The van der Waals surface area contributed by atoms with Crippen LogP contribution in [-0.2, 0) is 11.3 Å². The van der Waals surface area contributed by atoms with Gasteiger partial charge in [-0.2, -0.15) is 4.98 Å². The predicted octanol–water partition coefficient (Wildman–Crippen LogP) is 3.20. The van der Waals surface area contributed by atoms with E-state index in [1.165, 1.54) is 4.90 Å². The molecule has 1 aromatic carbocycles. The van der Waals surface area contributed by atoms with E-state index in [1.807, 2.05) is 13.8 Å². The van der Waals surface area contributed by atoms with Crippen LogP contribution >= 0.6 is 11.6 Å². The van der Waals surface area contributed by atoms with Crippen molar-refractivity contribution in [1.29, 1.82) is 0 Å². The number of aromatic nitrogens is 2. The second-order valence-electron chi connectivity index (χ2n) is 5.93. The van der Waals surface area contributed by atoms with Gasteiger partial charge in [-0.15, -0.1) is 0 Å². The Morgan fingerprint density at radius 2 is 1.92 bits per heavy atom. The van der Waals surface area contributed by atoms with Gasteiger partial charge in [0, 0.05) is 16.6 Å². The number of urea groups is 1. The number of hydrogen-bond donors (Lipinski definition) is 0. The minimum Gasteiger partial charge on any atom is -0.337 e. The molecule has 24 heavy (non-hydrogen) atoms. The number of rotatable bonds is 4. The molecule has 2 heterocycles. The number of benzene rings is 1. The van der Waals surface area contributed by atoms with Crippen molar-refractivity contribution in [2.75, 3.05) is 4.90 Å². The molecule has 7 nitrogen and oxygen atoms in total. The molecular weight excluding hydrogens is 332 g/mol. The standard InChI is InChI=1S/C16H17ClN4O3/c1-9(2)14-18-13(24-19-14)8-20-15(22)10(3)21(16(20)23)12-6-4-11(17)5-7-12/h4-7,9-10H,8H2,1-3H3. The first-order valence-corrected chi connectivity index (χ1v) is 7.99. The zero-order chi connectivity index (χ0) is 17.4. The van der Waals surface area contributed by atoms with E-state index in [-0.39, 0.29) is 24.3 Å². The second kappa shape index (κ2) is 6.24. The lowest BCUT2D eigenvalue weighted by Gasteiger charge is -2.19. The average Bonchev–Trinajstić information content (AvgIpc) is 3.09. The Kier molecular flexibility index (Phi) is 4.28. The van der Waals surface area contributed by atoms with Gasteiger partial charge >= 0.3 is 6.03 Å². The van der Waals surface area contributed by atoms with Gasteiger partial charge in [0.1, 0.15) is 12.6 Å². The maximum absolute atomic E-state index is 12.7. The van der Waals surface area contributed by atoms with E-state index in [4.69, 9.17) is 16.1 Å². The Bertz CT molecular complexity index is 772. The molecule has 1 unspecified atom stereocenters. The van der Waals surface area contributed by atoms with Crippen LogP contribution in [0.3, 0.4) is 0 Å². The van der Waals surface area contributed by atoms with Crippen LogP contribution in [-0.4, -0.2) is 33.0 Å². The number of carbonyl (C=O) groups excluding carboxylic acids is 2. The quantitative estimate of drug-likeness (QED) is 0.793. The van der Waals surface area contributed by atoms with Crippen LogP contribution in [0.4, 0.5) is 10.5 Å². The summed E-state index contributed by atoms with van der Waals surface area (Å²) >= 11 is 5.88. The molecule has 126 valence electrons. The van der Waals surface area contributed by atoms with Crippen LogP contribution in [0.15, 0.2) is 28.8 Å². The summed E-state index contributed by atoms with van der Waals surface area (Å²) in [5.41, 5.74) is 0.612. The van der Waals surface area contributed by atoms with Gasteiger partial charge in [-0.3, -0.25) is 14.6 Å². The van der Waals surface area contributed by atoms with Gasteiger partial charge in [-0.25, -0.2) is 4.79 Å². The third kappa shape index (κ3) is 2.87. The minimum absolute atomic E-state index is 0.0359. The van der Waals surface area contributed by atoms with E-state index in [9.17, 15) is 9.59 Å². The number of imide groups is 1. The van der Waals surface area contributed by atoms with Gasteiger partial charge in [0.25, 0.3) is 5.91 Å². The molecule has 0 radical (unpaired) electrons. The van der Waals surface area contributed by atoms with Gasteiger partial charge in [0.05, 0.1) is 0 Å².